The number of hydrogen-bond acceptors (Lipinski definition) is 4. The zero-order chi connectivity index (χ0) is 12.5. The minimum atomic E-state index is 0.208. The van der Waals surface area contributed by atoms with Crippen LogP contribution in [0.25, 0.3) is 10.2 Å². The van der Waals surface area contributed by atoms with Gasteiger partial charge in [0.25, 0.3) is 0 Å². The standard InChI is InChI=1S/C13H15N3OS/c1-16-7-6-9(8-12(16)17)14-13-15-10-4-2-3-5-11(10)18-13/h2-5,9H,6-8H2,1H3,(H,14,15). The van der Waals surface area contributed by atoms with E-state index in [1.807, 2.05) is 25.2 Å². The van der Waals surface area contributed by atoms with E-state index in [1.54, 1.807) is 16.2 Å². The molecule has 1 atom stereocenters. The number of benzene rings is 1. The summed E-state index contributed by atoms with van der Waals surface area (Å²) in [5.74, 6) is 0.208. The molecule has 1 saturated heterocycles. The monoisotopic (exact) mass is 261 g/mol. The van der Waals surface area contributed by atoms with E-state index in [1.165, 1.54) is 4.70 Å². The number of piperidine rings is 1. The molecule has 4 nitrogen and oxygen atoms in total. The molecule has 0 aliphatic carbocycles. The van der Waals surface area contributed by atoms with Gasteiger partial charge in [0.1, 0.15) is 0 Å². The zero-order valence-electron chi connectivity index (χ0n) is 10.2. The fourth-order valence-electron chi connectivity index (χ4n) is 2.17. The highest BCUT2D eigenvalue weighted by Gasteiger charge is 2.23. The Bertz CT molecular complexity index is 547. The third-order valence-corrected chi connectivity index (χ3v) is 4.25. The van der Waals surface area contributed by atoms with Crippen molar-refractivity contribution in [3.05, 3.63) is 24.3 Å². The number of rotatable bonds is 2. The summed E-state index contributed by atoms with van der Waals surface area (Å²) >= 11 is 1.65. The van der Waals surface area contributed by atoms with Gasteiger partial charge in [-0.15, -0.1) is 0 Å². The molecule has 0 spiro atoms. The van der Waals surface area contributed by atoms with Crippen molar-refractivity contribution in [3.8, 4) is 0 Å². The molecule has 3 rings (SSSR count). The predicted octanol–water partition coefficient (Wildman–Crippen LogP) is 2.33. The van der Waals surface area contributed by atoms with Crippen molar-refractivity contribution in [1.82, 2.24) is 9.88 Å². The molecule has 1 fully saturated rings. The van der Waals surface area contributed by atoms with Gasteiger partial charge in [-0.2, -0.15) is 0 Å². The number of nitrogens with zero attached hydrogens (tertiary/aromatic N) is 2. The highest BCUT2D eigenvalue weighted by atomic mass is 32.1. The number of nitrogens with one attached hydrogen (secondary N) is 1. The van der Waals surface area contributed by atoms with Gasteiger partial charge in [0, 0.05) is 26.1 Å². The van der Waals surface area contributed by atoms with E-state index in [2.05, 4.69) is 16.4 Å². The first-order valence-electron chi connectivity index (χ1n) is 6.08. The van der Waals surface area contributed by atoms with Crippen LogP contribution < -0.4 is 5.32 Å². The molecule has 0 bridgehead atoms. The fraction of sp³-hybridized carbons (Fsp3) is 0.385. The number of amides is 1. The number of carbonyl (C=O) groups is 1. The van der Waals surface area contributed by atoms with E-state index in [4.69, 9.17) is 0 Å². The molecule has 1 amide bonds. The molecule has 1 aromatic heterocycles. The van der Waals surface area contributed by atoms with Crippen molar-refractivity contribution in [1.29, 1.82) is 0 Å². The molecule has 1 aliphatic heterocycles. The summed E-state index contributed by atoms with van der Waals surface area (Å²) in [6.45, 7) is 0.821. The molecule has 1 N–H and O–H groups in total. The van der Waals surface area contributed by atoms with Gasteiger partial charge in [0.15, 0.2) is 5.13 Å². The summed E-state index contributed by atoms with van der Waals surface area (Å²) < 4.78 is 1.18. The van der Waals surface area contributed by atoms with Crippen LogP contribution in [0.4, 0.5) is 5.13 Å². The van der Waals surface area contributed by atoms with Crippen molar-refractivity contribution in [2.75, 3.05) is 18.9 Å². The van der Waals surface area contributed by atoms with Gasteiger partial charge in [-0.1, -0.05) is 23.5 Å². The molecular formula is C13H15N3OS. The lowest BCUT2D eigenvalue weighted by atomic mass is 10.1. The number of anilines is 1. The molecule has 0 saturated carbocycles. The van der Waals surface area contributed by atoms with Crippen LogP contribution >= 0.6 is 11.3 Å². The van der Waals surface area contributed by atoms with Crippen LogP contribution in [0.15, 0.2) is 24.3 Å². The molecule has 1 aliphatic rings. The topological polar surface area (TPSA) is 45.2 Å². The van der Waals surface area contributed by atoms with Gasteiger partial charge in [0.05, 0.1) is 10.2 Å². The first kappa shape index (κ1) is 11.5. The number of para-hydroxylation sites is 1. The molecule has 5 heteroatoms. The van der Waals surface area contributed by atoms with Gasteiger partial charge in [0.2, 0.25) is 5.91 Å². The molecule has 1 unspecified atom stereocenters. The molecule has 0 radical (unpaired) electrons. The Hall–Kier alpha value is -1.62. The first-order chi connectivity index (χ1) is 8.72. The Kier molecular flexibility index (Phi) is 2.91. The average molecular weight is 261 g/mol. The SMILES string of the molecule is CN1CCC(Nc2nc3ccccc3s2)CC1=O. The van der Waals surface area contributed by atoms with E-state index in [0.717, 1.165) is 23.6 Å². The van der Waals surface area contributed by atoms with E-state index in [-0.39, 0.29) is 11.9 Å². The minimum absolute atomic E-state index is 0.208. The Morgan fingerprint density at radius 2 is 2.28 bits per heavy atom. The average Bonchev–Trinajstić information content (AvgIpc) is 2.76. The van der Waals surface area contributed by atoms with Crippen molar-refractivity contribution < 1.29 is 4.79 Å². The summed E-state index contributed by atoms with van der Waals surface area (Å²) in [7, 11) is 1.86. The number of thiazole rings is 1. The maximum atomic E-state index is 11.6. The fourth-order valence-corrected chi connectivity index (χ4v) is 3.12. The third kappa shape index (κ3) is 2.18. The normalized spacial score (nSPS) is 20.4. The summed E-state index contributed by atoms with van der Waals surface area (Å²) in [5, 5.41) is 4.30. The van der Waals surface area contributed by atoms with E-state index >= 15 is 0 Å². The van der Waals surface area contributed by atoms with Crippen LogP contribution in [0.5, 0.6) is 0 Å². The number of carbonyl (C=O) groups excluding carboxylic acids is 1. The van der Waals surface area contributed by atoms with Crippen molar-refractivity contribution >= 4 is 32.6 Å². The molecule has 2 heterocycles. The quantitative estimate of drug-likeness (QED) is 0.902. The molecule has 1 aromatic carbocycles. The highest BCUT2D eigenvalue weighted by Crippen LogP contribution is 2.27. The van der Waals surface area contributed by atoms with Crippen molar-refractivity contribution in [2.45, 2.75) is 18.9 Å². The van der Waals surface area contributed by atoms with Crippen LogP contribution in [0.1, 0.15) is 12.8 Å². The predicted molar refractivity (Wildman–Crippen MR) is 73.9 cm³/mol. The number of aromatic nitrogens is 1. The van der Waals surface area contributed by atoms with Crippen molar-refractivity contribution in [2.24, 2.45) is 0 Å². The second-order valence-corrected chi connectivity index (χ2v) is 5.67. The second kappa shape index (κ2) is 4.57. The lowest BCUT2D eigenvalue weighted by molar-refractivity contribution is -0.132. The van der Waals surface area contributed by atoms with Crippen LogP contribution in [0.3, 0.4) is 0 Å². The first-order valence-corrected chi connectivity index (χ1v) is 6.90. The Balaban J connectivity index is 1.74. The summed E-state index contributed by atoms with van der Waals surface area (Å²) in [6.07, 6.45) is 1.55. The molecule has 18 heavy (non-hydrogen) atoms. The zero-order valence-corrected chi connectivity index (χ0v) is 11.0. The summed E-state index contributed by atoms with van der Waals surface area (Å²) in [6, 6.07) is 8.30. The van der Waals surface area contributed by atoms with Gasteiger partial charge in [-0.05, 0) is 18.6 Å². The molecular weight excluding hydrogens is 246 g/mol. The smallest absolute Gasteiger partial charge is 0.224 e. The maximum Gasteiger partial charge on any atom is 0.224 e. The lowest BCUT2D eigenvalue weighted by Crippen LogP contribution is -2.40. The number of hydrogen-bond donors (Lipinski definition) is 1. The largest absolute Gasteiger partial charge is 0.358 e. The number of likely N-dealkylation sites (tertiary alicyclic amines) is 1. The Morgan fingerprint density at radius 1 is 1.44 bits per heavy atom. The number of fused-ring (bicyclic) bond motifs is 1. The molecule has 94 valence electrons. The van der Waals surface area contributed by atoms with Gasteiger partial charge in [-0.3, -0.25) is 4.79 Å². The molecule has 2 aromatic rings. The lowest BCUT2D eigenvalue weighted by Gasteiger charge is -2.29. The highest BCUT2D eigenvalue weighted by molar-refractivity contribution is 7.22. The van der Waals surface area contributed by atoms with Crippen LogP contribution in [0, 0.1) is 0 Å². The summed E-state index contributed by atoms with van der Waals surface area (Å²) in [5.41, 5.74) is 1.02. The van der Waals surface area contributed by atoms with Gasteiger partial charge < -0.3 is 10.2 Å². The maximum absolute atomic E-state index is 11.6. The van der Waals surface area contributed by atoms with Crippen LogP contribution in [-0.2, 0) is 4.79 Å². The second-order valence-electron chi connectivity index (χ2n) is 4.64. The Labute approximate surface area is 110 Å². The third-order valence-electron chi connectivity index (χ3n) is 3.28. The van der Waals surface area contributed by atoms with Crippen molar-refractivity contribution in [3.63, 3.8) is 0 Å². The van der Waals surface area contributed by atoms with Gasteiger partial charge in [-0.25, -0.2) is 4.98 Å². The minimum Gasteiger partial charge on any atom is -0.358 e. The van der Waals surface area contributed by atoms with E-state index in [9.17, 15) is 4.79 Å². The van der Waals surface area contributed by atoms with Gasteiger partial charge >= 0.3 is 0 Å². The summed E-state index contributed by atoms with van der Waals surface area (Å²) in [4.78, 5) is 18.0. The van der Waals surface area contributed by atoms with Crippen LogP contribution in [-0.4, -0.2) is 35.4 Å². The van der Waals surface area contributed by atoms with Crippen LogP contribution in [0.2, 0.25) is 0 Å². The Morgan fingerprint density at radius 3 is 3.06 bits per heavy atom. The van der Waals surface area contributed by atoms with E-state index in [0.29, 0.717) is 6.42 Å². The van der Waals surface area contributed by atoms with E-state index < -0.39 is 0 Å².